The molecule has 4 rings (SSSR count). The molecule has 8 heteroatoms. The van der Waals surface area contributed by atoms with Crippen molar-refractivity contribution in [1.82, 2.24) is 19.7 Å². The maximum atomic E-state index is 13.6. The van der Waals surface area contributed by atoms with E-state index in [1.807, 2.05) is 30.3 Å². The summed E-state index contributed by atoms with van der Waals surface area (Å²) in [6, 6.07) is 13.4. The molecule has 0 radical (unpaired) electrons. The lowest BCUT2D eigenvalue weighted by Gasteiger charge is -2.22. The maximum Gasteiger partial charge on any atom is 0.346 e. The fourth-order valence-electron chi connectivity index (χ4n) is 3.67. The number of halogens is 3. The molecule has 0 amide bonds. The zero-order valence-corrected chi connectivity index (χ0v) is 16.7. The van der Waals surface area contributed by atoms with Crippen molar-refractivity contribution in [1.29, 1.82) is 0 Å². The number of nitrogens with zero attached hydrogens (tertiary/aromatic N) is 3. The first-order valence-electron chi connectivity index (χ1n) is 9.48. The molecule has 1 aromatic heterocycles. The standard InChI is InChI=1S/C21H22F2N4O.ClH/c22-18-7-6-16(12-19(18)23)14-27-21(28)26(13-15-4-2-1-3-5-15)20(25-27)17-8-10-24-11-9-17;/h1-7,12,17,24H,8-11,13-14H2;1H. The van der Waals surface area contributed by atoms with Gasteiger partial charge in [0.05, 0.1) is 13.1 Å². The van der Waals surface area contributed by atoms with Crippen LogP contribution in [0.4, 0.5) is 8.78 Å². The topological polar surface area (TPSA) is 51.9 Å². The molecule has 1 aliphatic rings. The molecule has 1 aliphatic heterocycles. The molecule has 0 unspecified atom stereocenters. The second-order valence-corrected chi connectivity index (χ2v) is 7.14. The van der Waals surface area contributed by atoms with Gasteiger partial charge in [-0.3, -0.25) is 4.57 Å². The van der Waals surface area contributed by atoms with Gasteiger partial charge in [0.25, 0.3) is 0 Å². The lowest BCUT2D eigenvalue weighted by molar-refractivity contribution is 0.430. The van der Waals surface area contributed by atoms with Gasteiger partial charge in [-0.15, -0.1) is 12.4 Å². The fourth-order valence-corrected chi connectivity index (χ4v) is 3.67. The van der Waals surface area contributed by atoms with Gasteiger partial charge in [-0.25, -0.2) is 18.3 Å². The molecule has 2 heterocycles. The Labute approximate surface area is 173 Å². The van der Waals surface area contributed by atoms with Crippen LogP contribution < -0.4 is 11.0 Å². The van der Waals surface area contributed by atoms with Crippen molar-refractivity contribution < 1.29 is 8.78 Å². The molecule has 29 heavy (non-hydrogen) atoms. The van der Waals surface area contributed by atoms with Crippen molar-refractivity contribution >= 4 is 12.4 Å². The van der Waals surface area contributed by atoms with Gasteiger partial charge < -0.3 is 5.32 Å². The summed E-state index contributed by atoms with van der Waals surface area (Å²) >= 11 is 0. The summed E-state index contributed by atoms with van der Waals surface area (Å²) in [6.07, 6.45) is 1.83. The van der Waals surface area contributed by atoms with Crippen molar-refractivity contribution in [2.75, 3.05) is 13.1 Å². The van der Waals surface area contributed by atoms with Crippen LogP contribution in [0.1, 0.15) is 35.7 Å². The second-order valence-electron chi connectivity index (χ2n) is 7.14. The molecule has 154 valence electrons. The summed E-state index contributed by atoms with van der Waals surface area (Å²) in [7, 11) is 0. The van der Waals surface area contributed by atoms with Crippen LogP contribution in [-0.4, -0.2) is 27.4 Å². The van der Waals surface area contributed by atoms with Crippen LogP contribution in [0.5, 0.6) is 0 Å². The first-order chi connectivity index (χ1) is 13.6. The van der Waals surface area contributed by atoms with E-state index < -0.39 is 11.6 Å². The Morgan fingerprint density at radius 1 is 0.966 bits per heavy atom. The fraction of sp³-hybridized carbons (Fsp3) is 0.333. The molecular weight excluding hydrogens is 398 g/mol. The van der Waals surface area contributed by atoms with Crippen LogP contribution in [0, 0.1) is 11.6 Å². The third kappa shape index (κ3) is 4.74. The van der Waals surface area contributed by atoms with E-state index in [4.69, 9.17) is 0 Å². The number of aromatic nitrogens is 3. The number of rotatable bonds is 5. The largest absolute Gasteiger partial charge is 0.346 e. The van der Waals surface area contributed by atoms with Gasteiger partial charge in [-0.2, -0.15) is 5.10 Å². The lowest BCUT2D eigenvalue weighted by atomic mass is 9.97. The van der Waals surface area contributed by atoms with Gasteiger partial charge >= 0.3 is 5.69 Å². The number of piperidine rings is 1. The van der Waals surface area contributed by atoms with Gasteiger partial charge in [0, 0.05) is 5.92 Å². The smallest absolute Gasteiger partial charge is 0.317 e. The van der Waals surface area contributed by atoms with Crippen LogP contribution in [0.2, 0.25) is 0 Å². The van der Waals surface area contributed by atoms with E-state index in [1.165, 1.54) is 10.7 Å². The number of hydrogen-bond donors (Lipinski definition) is 1. The van der Waals surface area contributed by atoms with E-state index in [0.29, 0.717) is 12.1 Å². The SMILES string of the molecule is Cl.O=c1n(Cc2ccc(F)c(F)c2)nc(C2CCNCC2)n1Cc1ccccc1. The van der Waals surface area contributed by atoms with Crippen LogP contribution in [-0.2, 0) is 13.1 Å². The van der Waals surface area contributed by atoms with E-state index in [0.717, 1.165) is 49.5 Å². The molecule has 0 aliphatic carbocycles. The highest BCUT2D eigenvalue weighted by Gasteiger charge is 2.24. The second kappa shape index (κ2) is 9.33. The van der Waals surface area contributed by atoms with Crippen LogP contribution in [0.25, 0.3) is 0 Å². The molecule has 0 atom stereocenters. The molecule has 5 nitrogen and oxygen atoms in total. The Balaban J connectivity index is 0.00000240. The average Bonchev–Trinajstić information content (AvgIpc) is 3.02. The summed E-state index contributed by atoms with van der Waals surface area (Å²) < 4.78 is 29.8. The maximum absolute atomic E-state index is 13.6. The molecule has 2 aromatic carbocycles. The highest BCUT2D eigenvalue weighted by Crippen LogP contribution is 2.23. The third-order valence-electron chi connectivity index (χ3n) is 5.16. The minimum absolute atomic E-state index is 0. The van der Waals surface area contributed by atoms with Crippen LogP contribution >= 0.6 is 12.4 Å². The minimum Gasteiger partial charge on any atom is -0.317 e. The summed E-state index contributed by atoms with van der Waals surface area (Å²) in [5.74, 6) is -0.865. The van der Waals surface area contributed by atoms with Crippen molar-refractivity contribution in [2.45, 2.75) is 31.8 Å². The highest BCUT2D eigenvalue weighted by molar-refractivity contribution is 5.85. The molecule has 0 saturated carbocycles. The minimum atomic E-state index is -0.923. The molecule has 0 bridgehead atoms. The molecule has 1 fully saturated rings. The van der Waals surface area contributed by atoms with Crippen molar-refractivity contribution in [2.24, 2.45) is 0 Å². The molecule has 1 saturated heterocycles. The predicted molar refractivity (Wildman–Crippen MR) is 110 cm³/mol. The van der Waals surface area contributed by atoms with Gasteiger partial charge in [0.2, 0.25) is 0 Å². The van der Waals surface area contributed by atoms with E-state index in [1.54, 1.807) is 4.57 Å². The highest BCUT2D eigenvalue weighted by atomic mass is 35.5. The quantitative estimate of drug-likeness (QED) is 0.689. The molecule has 3 aromatic rings. The van der Waals surface area contributed by atoms with E-state index in [2.05, 4.69) is 10.4 Å². The van der Waals surface area contributed by atoms with Gasteiger partial charge in [0.15, 0.2) is 11.6 Å². The number of nitrogens with one attached hydrogen (secondary N) is 1. The normalized spacial score (nSPS) is 14.6. The monoisotopic (exact) mass is 420 g/mol. The Kier molecular flexibility index (Phi) is 6.82. The summed E-state index contributed by atoms with van der Waals surface area (Å²) in [6.45, 7) is 2.33. The van der Waals surface area contributed by atoms with Crippen molar-refractivity contribution in [3.8, 4) is 0 Å². The van der Waals surface area contributed by atoms with E-state index in [9.17, 15) is 13.6 Å². The van der Waals surface area contributed by atoms with Crippen LogP contribution in [0.15, 0.2) is 53.3 Å². The predicted octanol–water partition coefficient (Wildman–Crippen LogP) is 3.31. The average molecular weight is 421 g/mol. The summed E-state index contributed by atoms with van der Waals surface area (Å²) in [5, 5.41) is 7.93. The van der Waals surface area contributed by atoms with Gasteiger partial charge in [-0.05, 0) is 49.2 Å². The zero-order valence-electron chi connectivity index (χ0n) is 15.9. The molecular formula is C21H23ClF2N4O. The van der Waals surface area contributed by atoms with Crippen LogP contribution in [0.3, 0.4) is 0 Å². The van der Waals surface area contributed by atoms with Crippen molar-refractivity contribution in [3.05, 3.63) is 87.6 Å². The summed E-state index contributed by atoms with van der Waals surface area (Å²) in [5.41, 5.74) is 1.29. The van der Waals surface area contributed by atoms with E-state index in [-0.39, 0.29) is 30.6 Å². The zero-order chi connectivity index (χ0) is 19.5. The Hall–Kier alpha value is -2.51. The first-order valence-corrected chi connectivity index (χ1v) is 9.48. The number of benzene rings is 2. The Bertz CT molecular complexity index is 1010. The molecule has 0 spiro atoms. The Morgan fingerprint density at radius 2 is 1.69 bits per heavy atom. The first kappa shape index (κ1) is 21.2. The molecule has 1 N–H and O–H groups in total. The van der Waals surface area contributed by atoms with Crippen molar-refractivity contribution in [3.63, 3.8) is 0 Å². The third-order valence-corrected chi connectivity index (χ3v) is 5.16. The lowest BCUT2D eigenvalue weighted by Crippen LogP contribution is -2.30. The number of hydrogen-bond acceptors (Lipinski definition) is 3. The van der Waals surface area contributed by atoms with Gasteiger partial charge in [-0.1, -0.05) is 36.4 Å². The van der Waals surface area contributed by atoms with Gasteiger partial charge in [0.1, 0.15) is 5.82 Å². The van der Waals surface area contributed by atoms with E-state index >= 15 is 0 Å². The Morgan fingerprint density at radius 3 is 2.38 bits per heavy atom. The summed E-state index contributed by atoms with van der Waals surface area (Å²) in [4.78, 5) is 13.1.